The number of carbonyl (C=O) groups excluding carboxylic acids is 1. The van der Waals surface area contributed by atoms with Crippen LogP contribution in [0.25, 0.3) is 21.9 Å². The molecule has 1 amide bonds. The number of nitrogens with zero attached hydrogens (tertiary/aromatic N) is 1. The molecule has 2 unspecified atom stereocenters. The molecule has 1 N–H and O–H groups in total. The lowest BCUT2D eigenvalue weighted by Crippen LogP contribution is -2.51. The summed E-state index contributed by atoms with van der Waals surface area (Å²) in [5, 5.41) is 5.13. The number of benzene rings is 1. The first-order valence-electron chi connectivity index (χ1n) is 12.8. The Kier molecular flexibility index (Phi) is 6.28. The normalized spacial score (nSPS) is 21.2. The third-order valence-corrected chi connectivity index (χ3v) is 8.34. The van der Waals surface area contributed by atoms with E-state index in [2.05, 4.69) is 16.3 Å². The van der Waals surface area contributed by atoms with Gasteiger partial charge in [-0.2, -0.15) is 0 Å². The zero-order chi connectivity index (χ0) is 24.0. The number of nitrogens with one attached hydrogen (secondary N) is 1. The fraction of sp³-hybridized carbons (Fsp3) is 0.571. The number of piperidine rings is 2. The van der Waals surface area contributed by atoms with Crippen molar-refractivity contribution in [2.75, 3.05) is 19.6 Å². The largest absolute Gasteiger partial charge is 0.461 e. The Balaban J connectivity index is 1.30. The highest BCUT2D eigenvalue weighted by Crippen LogP contribution is 2.34. The maximum atomic E-state index is 12.9. The van der Waals surface area contributed by atoms with Crippen molar-refractivity contribution in [2.45, 2.75) is 78.7 Å². The van der Waals surface area contributed by atoms with E-state index in [1.54, 1.807) is 0 Å². The minimum absolute atomic E-state index is 0.0137. The van der Waals surface area contributed by atoms with Gasteiger partial charge in [-0.05, 0) is 96.0 Å². The highest BCUT2D eigenvalue weighted by Gasteiger charge is 2.33. The summed E-state index contributed by atoms with van der Waals surface area (Å²) in [4.78, 5) is 28.2. The Bertz CT molecular complexity index is 1300. The summed E-state index contributed by atoms with van der Waals surface area (Å²) in [5.41, 5.74) is 4.43. The summed E-state index contributed by atoms with van der Waals surface area (Å²) in [6, 6.07) is 2.68. The van der Waals surface area contributed by atoms with Crippen molar-refractivity contribution in [1.29, 1.82) is 0 Å². The predicted molar refractivity (Wildman–Crippen MR) is 134 cm³/mol. The van der Waals surface area contributed by atoms with Crippen LogP contribution in [0.3, 0.4) is 0 Å². The number of hydrogen-bond acceptors (Lipinski definition) is 5. The van der Waals surface area contributed by atoms with Crippen LogP contribution < -0.4 is 10.9 Å². The second-order valence-corrected chi connectivity index (χ2v) is 10.3. The molecule has 34 heavy (non-hydrogen) atoms. The molecule has 2 fully saturated rings. The van der Waals surface area contributed by atoms with Crippen molar-refractivity contribution in [2.24, 2.45) is 5.92 Å². The summed E-state index contributed by atoms with van der Waals surface area (Å²) >= 11 is 0. The minimum Gasteiger partial charge on any atom is -0.461 e. The topological polar surface area (TPSA) is 75.7 Å². The standard InChI is InChI=1S/C28H36N2O4/c1-16-19(4)33-26-18(3)27-23(14-22(16)26)17(2)21(28(32)34-27)10-11-25(31)29-15-20-8-7-13-30-12-6-5-9-24(20)30/h14,20,24H,5-13,15H2,1-4H3,(H,29,31). The number of amides is 1. The van der Waals surface area contributed by atoms with Crippen molar-refractivity contribution >= 4 is 27.8 Å². The molecule has 3 aromatic rings. The number of hydrogen-bond donors (Lipinski definition) is 1. The van der Waals surface area contributed by atoms with Crippen molar-refractivity contribution < 1.29 is 13.6 Å². The Morgan fingerprint density at radius 2 is 1.71 bits per heavy atom. The fourth-order valence-electron chi connectivity index (χ4n) is 6.17. The molecule has 1 aromatic carbocycles. The van der Waals surface area contributed by atoms with Crippen LogP contribution in [0.2, 0.25) is 0 Å². The molecule has 0 saturated carbocycles. The fourth-order valence-corrected chi connectivity index (χ4v) is 6.17. The van der Waals surface area contributed by atoms with Crippen LogP contribution in [0, 0.1) is 33.6 Å². The first-order chi connectivity index (χ1) is 16.3. The van der Waals surface area contributed by atoms with E-state index in [1.807, 2.05) is 27.7 Å². The molecule has 0 spiro atoms. The maximum absolute atomic E-state index is 12.9. The lowest BCUT2D eigenvalue weighted by Gasteiger charge is -2.44. The molecule has 6 heteroatoms. The van der Waals surface area contributed by atoms with E-state index < -0.39 is 0 Å². The second-order valence-electron chi connectivity index (χ2n) is 10.3. The van der Waals surface area contributed by atoms with Crippen LogP contribution in [0.4, 0.5) is 0 Å². The summed E-state index contributed by atoms with van der Waals surface area (Å²) in [6.07, 6.45) is 6.94. The van der Waals surface area contributed by atoms with Crippen LogP contribution in [-0.4, -0.2) is 36.5 Å². The van der Waals surface area contributed by atoms with Gasteiger partial charge in [0.2, 0.25) is 5.91 Å². The first-order valence-corrected chi connectivity index (χ1v) is 12.8. The first kappa shape index (κ1) is 23.2. The van der Waals surface area contributed by atoms with E-state index in [0.717, 1.165) is 45.4 Å². The van der Waals surface area contributed by atoms with E-state index in [4.69, 9.17) is 8.83 Å². The van der Waals surface area contributed by atoms with Crippen LogP contribution in [0.15, 0.2) is 19.7 Å². The van der Waals surface area contributed by atoms with Gasteiger partial charge in [0.1, 0.15) is 16.9 Å². The van der Waals surface area contributed by atoms with E-state index in [1.165, 1.54) is 45.2 Å². The molecular weight excluding hydrogens is 428 g/mol. The molecule has 2 atom stereocenters. The molecule has 0 aliphatic carbocycles. The lowest BCUT2D eigenvalue weighted by molar-refractivity contribution is -0.121. The van der Waals surface area contributed by atoms with Gasteiger partial charge >= 0.3 is 5.63 Å². The summed E-state index contributed by atoms with van der Waals surface area (Å²) in [5.74, 6) is 1.43. The van der Waals surface area contributed by atoms with Crippen LogP contribution >= 0.6 is 0 Å². The van der Waals surface area contributed by atoms with Crippen molar-refractivity contribution in [3.8, 4) is 0 Å². The molecule has 182 valence electrons. The second kappa shape index (κ2) is 9.21. The molecule has 6 nitrogen and oxygen atoms in total. The molecule has 0 bridgehead atoms. The average Bonchev–Trinajstić information content (AvgIpc) is 3.12. The zero-order valence-electron chi connectivity index (χ0n) is 20.9. The SMILES string of the molecule is Cc1oc2c(C)c3oc(=O)c(CCC(=O)NCC4CCCN5CCCCC45)c(C)c3cc2c1C. The maximum Gasteiger partial charge on any atom is 0.339 e. The molecule has 2 saturated heterocycles. The number of rotatable bonds is 5. The minimum atomic E-state index is -0.356. The van der Waals surface area contributed by atoms with Gasteiger partial charge < -0.3 is 19.1 Å². The molecule has 0 radical (unpaired) electrons. The Labute approximate surface area is 200 Å². The number of fused-ring (bicyclic) bond motifs is 3. The quantitative estimate of drug-likeness (QED) is 0.533. The van der Waals surface area contributed by atoms with E-state index in [-0.39, 0.29) is 11.5 Å². The van der Waals surface area contributed by atoms with Gasteiger partial charge in [-0.1, -0.05) is 6.42 Å². The Hall–Kier alpha value is -2.60. The number of aryl methyl sites for hydroxylation is 4. The van der Waals surface area contributed by atoms with Crippen LogP contribution in [-0.2, 0) is 11.2 Å². The number of furan rings is 1. The van der Waals surface area contributed by atoms with Crippen LogP contribution in [0.5, 0.6) is 0 Å². The van der Waals surface area contributed by atoms with Crippen molar-refractivity contribution in [3.63, 3.8) is 0 Å². The molecule has 2 aliphatic rings. The summed E-state index contributed by atoms with van der Waals surface area (Å²) < 4.78 is 11.7. The summed E-state index contributed by atoms with van der Waals surface area (Å²) in [7, 11) is 0. The highest BCUT2D eigenvalue weighted by molar-refractivity contribution is 6.00. The van der Waals surface area contributed by atoms with Gasteiger partial charge in [0, 0.05) is 40.9 Å². The Morgan fingerprint density at radius 3 is 2.53 bits per heavy atom. The van der Waals surface area contributed by atoms with Gasteiger partial charge in [0.15, 0.2) is 0 Å². The molecule has 5 rings (SSSR count). The molecule has 4 heterocycles. The third kappa shape index (κ3) is 4.06. The van der Waals surface area contributed by atoms with Gasteiger partial charge in [0.05, 0.1) is 0 Å². The predicted octanol–water partition coefficient (Wildman–Crippen LogP) is 5.09. The van der Waals surface area contributed by atoms with Gasteiger partial charge in [-0.25, -0.2) is 4.79 Å². The lowest BCUT2D eigenvalue weighted by atomic mass is 9.83. The number of carbonyl (C=O) groups is 1. The van der Waals surface area contributed by atoms with Crippen LogP contribution in [0.1, 0.15) is 66.5 Å². The van der Waals surface area contributed by atoms with Gasteiger partial charge in [-0.3, -0.25) is 4.79 Å². The van der Waals surface area contributed by atoms with E-state index >= 15 is 0 Å². The van der Waals surface area contributed by atoms with E-state index in [0.29, 0.717) is 35.9 Å². The molecule has 2 aliphatic heterocycles. The monoisotopic (exact) mass is 464 g/mol. The zero-order valence-corrected chi connectivity index (χ0v) is 20.9. The smallest absolute Gasteiger partial charge is 0.339 e. The summed E-state index contributed by atoms with van der Waals surface area (Å²) in [6.45, 7) is 11.0. The Morgan fingerprint density at radius 1 is 0.971 bits per heavy atom. The molecular formula is C28H36N2O4. The highest BCUT2D eigenvalue weighted by atomic mass is 16.4. The van der Waals surface area contributed by atoms with Gasteiger partial charge in [-0.15, -0.1) is 0 Å². The average molecular weight is 465 g/mol. The van der Waals surface area contributed by atoms with Crippen molar-refractivity contribution in [1.82, 2.24) is 10.2 Å². The molecule has 2 aromatic heterocycles. The third-order valence-electron chi connectivity index (χ3n) is 8.34. The van der Waals surface area contributed by atoms with Gasteiger partial charge in [0.25, 0.3) is 0 Å². The van der Waals surface area contributed by atoms with E-state index in [9.17, 15) is 9.59 Å². The van der Waals surface area contributed by atoms with Crippen molar-refractivity contribution in [3.05, 3.63) is 44.5 Å².